The monoisotopic (exact) mass is 374 g/mol. The van der Waals surface area contributed by atoms with E-state index < -0.39 is 10.0 Å². The molecule has 1 aliphatic rings. The molecule has 1 aromatic carbocycles. The molecule has 0 aliphatic heterocycles. The first-order chi connectivity index (χ1) is 9.75. The highest BCUT2D eigenvalue weighted by atomic mass is 79.9. The van der Waals surface area contributed by atoms with Crippen molar-refractivity contribution in [3.8, 4) is 0 Å². The number of hydrogen-bond donors (Lipinski definition) is 1. The lowest BCUT2D eigenvalue weighted by molar-refractivity contribution is 0.0743. The van der Waals surface area contributed by atoms with Crippen molar-refractivity contribution in [2.24, 2.45) is 5.14 Å². The minimum atomic E-state index is -3.86. The molecule has 7 heteroatoms. The van der Waals surface area contributed by atoms with Crippen LogP contribution in [0.4, 0.5) is 0 Å². The zero-order valence-corrected chi connectivity index (χ0v) is 14.5. The maximum Gasteiger partial charge on any atom is 0.254 e. The molecule has 0 unspecified atom stereocenters. The van der Waals surface area contributed by atoms with Crippen molar-refractivity contribution in [1.82, 2.24) is 4.90 Å². The van der Waals surface area contributed by atoms with E-state index >= 15 is 0 Å². The molecule has 1 fully saturated rings. The number of sulfonamides is 1. The van der Waals surface area contributed by atoms with Crippen molar-refractivity contribution in [2.45, 2.75) is 44.0 Å². The van der Waals surface area contributed by atoms with Gasteiger partial charge in [-0.05, 0) is 43.9 Å². The number of amides is 1. The molecular weight excluding hydrogens is 356 g/mol. The van der Waals surface area contributed by atoms with Gasteiger partial charge in [0, 0.05) is 22.6 Å². The van der Waals surface area contributed by atoms with Crippen LogP contribution in [0.5, 0.6) is 0 Å². The molecule has 0 aromatic heterocycles. The lowest BCUT2D eigenvalue weighted by Gasteiger charge is -2.22. The summed E-state index contributed by atoms with van der Waals surface area (Å²) in [4.78, 5) is 14.4. The van der Waals surface area contributed by atoms with Gasteiger partial charge in [-0.15, -0.1) is 0 Å². The van der Waals surface area contributed by atoms with Crippen LogP contribution in [0.25, 0.3) is 0 Å². The third-order valence-corrected chi connectivity index (χ3v) is 5.42. The van der Waals surface area contributed by atoms with Crippen molar-refractivity contribution in [3.05, 3.63) is 27.7 Å². The molecule has 2 N–H and O–H groups in total. The van der Waals surface area contributed by atoms with Gasteiger partial charge in [0.15, 0.2) is 0 Å². The maximum atomic E-state index is 12.6. The minimum Gasteiger partial charge on any atom is -0.336 e. The number of primary sulfonamides is 1. The van der Waals surface area contributed by atoms with E-state index in [0.717, 1.165) is 19.3 Å². The molecule has 0 saturated heterocycles. The summed E-state index contributed by atoms with van der Waals surface area (Å²) in [6.07, 6.45) is 2.90. The maximum absolute atomic E-state index is 12.6. The normalized spacial score (nSPS) is 15.0. The second-order valence-corrected chi connectivity index (χ2v) is 7.74. The van der Waals surface area contributed by atoms with Crippen LogP contribution in [0.3, 0.4) is 0 Å². The summed E-state index contributed by atoms with van der Waals surface area (Å²) in [5, 5.41) is 5.23. The summed E-state index contributed by atoms with van der Waals surface area (Å²) in [6, 6.07) is 3.33. The predicted molar refractivity (Wildman–Crippen MR) is 84.6 cm³/mol. The quantitative estimate of drug-likeness (QED) is 0.858. The van der Waals surface area contributed by atoms with Gasteiger partial charge in [0.25, 0.3) is 5.91 Å². The number of rotatable bonds is 5. The van der Waals surface area contributed by atoms with Crippen molar-refractivity contribution in [2.75, 3.05) is 6.54 Å². The Hall–Kier alpha value is -0.920. The van der Waals surface area contributed by atoms with E-state index in [0.29, 0.717) is 22.1 Å². The van der Waals surface area contributed by atoms with Crippen molar-refractivity contribution in [3.63, 3.8) is 0 Å². The Balaban J connectivity index is 2.44. The van der Waals surface area contributed by atoms with Crippen molar-refractivity contribution < 1.29 is 13.2 Å². The van der Waals surface area contributed by atoms with E-state index in [1.54, 1.807) is 13.0 Å². The Morgan fingerprint density at radius 3 is 2.52 bits per heavy atom. The average molecular weight is 375 g/mol. The molecular formula is C14H19BrN2O3S. The molecule has 0 spiro atoms. The third-order valence-electron chi connectivity index (χ3n) is 3.56. The van der Waals surface area contributed by atoms with Gasteiger partial charge in [0.05, 0.1) is 4.90 Å². The van der Waals surface area contributed by atoms with Gasteiger partial charge in [0.1, 0.15) is 0 Å². The standard InChI is InChI=1S/C14H19BrN2O3S/c1-3-6-17(11-4-5-11)14(18)10-7-12(15)9(2)13(8-10)21(16,19)20/h7-8,11H,3-6H2,1-2H3,(H2,16,19,20). The summed E-state index contributed by atoms with van der Waals surface area (Å²) >= 11 is 3.31. The van der Waals surface area contributed by atoms with Crippen LogP contribution in [0, 0.1) is 6.92 Å². The van der Waals surface area contributed by atoms with E-state index in [2.05, 4.69) is 15.9 Å². The lowest BCUT2D eigenvalue weighted by Crippen LogP contribution is -2.34. The number of carbonyl (C=O) groups excluding carboxylic acids is 1. The van der Waals surface area contributed by atoms with E-state index in [1.165, 1.54) is 6.07 Å². The van der Waals surface area contributed by atoms with Crippen LogP contribution in [0.1, 0.15) is 42.1 Å². The summed E-state index contributed by atoms with van der Waals surface area (Å²) < 4.78 is 23.9. The van der Waals surface area contributed by atoms with Crippen LogP contribution >= 0.6 is 15.9 Å². The molecule has 1 aliphatic carbocycles. The zero-order chi connectivity index (χ0) is 15.8. The molecule has 2 rings (SSSR count). The Morgan fingerprint density at radius 1 is 1.43 bits per heavy atom. The number of nitrogens with zero attached hydrogens (tertiary/aromatic N) is 1. The SMILES string of the molecule is CCCN(C(=O)c1cc(Br)c(C)c(S(N)(=O)=O)c1)C1CC1. The molecule has 1 aromatic rings. The number of nitrogens with two attached hydrogens (primary N) is 1. The first kappa shape index (κ1) is 16.5. The molecule has 0 atom stereocenters. The molecule has 1 amide bonds. The topological polar surface area (TPSA) is 80.5 Å². The molecule has 0 bridgehead atoms. The van der Waals surface area contributed by atoms with Gasteiger partial charge in [-0.25, -0.2) is 13.6 Å². The number of benzene rings is 1. The van der Waals surface area contributed by atoms with Gasteiger partial charge in [-0.1, -0.05) is 22.9 Å². The Morgan fingerprint density at radius 2 is 2.05 bits per heavy atom. The number of halogens is 1. The van der Waals surface area contributed by atoms with E-state index in [4.69, 9.17) is 5.14 Å². The van der Waals surface area contributed by atoms with Crippen molar-refractivity contribution in [1.29, 1.82) is 0 Å². The second kappa shape index (κ2) is 6.06. The second-order valence-electron chi connectivity index (χ2n) is 5.36. The first-order valence-electron chi connectivity index (χ1n) is 6.89. The average Bonchev–Trinajstić information content (AvgIpc) is 3.21. The van der Waals surface area contributed by atoms with Crippen molar-refractivity contribution >= 4 is 31.9 Å². The van der Waals surface area contributed by atoms with E-state index in [-0.39, 0.29) is 16.8 Å². The van der Waals surface area contributed by atoms with Gasteiger partial charge in [0.2, 0.25) is 10.0 Å². The summed E-state index contributed by atoms with van der Waals surface area (Å²) in [7, 11) is -3.86. The zero-order valence-electron chi connectivity index (χ0n) is 12.1. The van der Waals surface area contributed by atoms with Crippen LogP contribution in [-0.2, 0) is 10.0 Å². The van der Waals surface area contributed by atoms with E-state index in [1.807, 2.05) is 11.8 Å². The van der Waals surface area contributed by atoms with Crippen LogP contribution < -0.4 is 5.14 Å². The molecule has 5 nitrogen and oxygen atoms in total. The fraction of sp³-hybridized carbons (Fsp3) is 0.500. The molecule has 21 heavy (non-hydrogen) atoms. The minimum absolute atomic E-state index is 0.00697. The van der Waals surface area contributed by atoms with Gasteiger partial charge in [-0.2, -0.15) is 0 Å². The highest BCUT2D eigenvalue weighted by Crippen LogP contribution is 2.30. The van der Waals surface area contributed by atoms with Crippen LogP contribution in [-0.4, -0.2) is 31.8 Å². The Kier molecular flexibility index (Phi) is 4.75. The number of hydrogen-bond acceptors (Lipinski definition) is 3. The Bertz CT molecular complexity index is 669. The molecule has 0 radical (unpaired) electrons. The lowest BCUT2D eigenvalue weighted by atomic mass is 10.1. The van der Waals surface area contributed by atoms with Gasteiger partial charge >= 0.3 is 0 Å². The molecule has 1 saturated carbocycles. The van der Waals surface area contributed by atoms with E-state index in [9.17, 15) is 13.2 Å². The first-order valence-corrected chi connectivity index (χ1v) is 9.23. The summed E-state index contributed by atoms with van der Waals surface area (Å²) in [6.45, 7) is 4.35. The largest absolute Gasteiger partial charge is 0.336 e. The summed E-state index contributed by atoms with van der Waals surface area (Å²) in [5.41, 5.74) is 0.874. The van der Waals surface area contributed by atoms with Crippen LogP contribution in [0.15, 0.2) is 21.5 Å². The third kappa shape index (κ3) is 3.64. The van der Waals surface area contributed by atoms with Crippen LogP contribution in [0.2, 0.25) is 0 Å². The highest BCUT2D eigenvalue weighted by Gasteiger charge is 2.33. The summed E-state index contributed by atoms with van der Waals surface area (Å²) in [5.74, 6) is -0.134. The predicted octanol–water partition coefficient (Wildman–Crippen LogP) is 2.42. The van der Waals surface area contributed by atoms with Gasteiger partial charge < -0.3 is 4.90 Å². The molecule has 0 heterocycles. The smallest absolute Gasteiger partial charge is 0.254 e. The highest BCUT2D eigenvalue weighted by molar-refractivity contribution is 9.10. The Labute approximate surface area is 133 Å². The number of carbonyl (C=O) groups is 1. The fourth-order valence-corrected chi connectivity index (χ4v) is 3.73. The fourth-order valence-electron chi connectivity index (χ4n) is 2.32. The van der Waals surface area contributed by atoms with Gasteiger partial charge in [-0.3, -0.25) is 4.79 Å². The molecule has 116 valence electrons.